The molecule has 0 amide bonds. The van der Waals surface area contributed by atoms with Gasteiger partial charge in [-0.1, -0.05) is 48.0 Å². The minimum Gasteiger partial charge on any atom is -0.353 e. The zero-order valence-electron chi connectivity index (χ0n) is 16.0. The van der Waals surface area contributed by atoms with Crippen molar-refractivity contribution in [3.63, 3.8) is 0 Å². The number of nitrogens with one attached hydrogen (secondary N) is 1. The molecule has 1 aliphatic rings. The minimum absolute atomic E-state index is 0.950. The van der Waals surface area contributed by atoms with Gasteiger partial charge in [-0.3, -0.25) is 0 Å². The van der Waals surface area contributed by atoms with E-state index in [1.54, 1.807) is 6.33 Å². The molecule has 5 heteroatoms. The highest BCUT2D eigenvalue weighted by atomic mass is 15.2. The second-order valence-electron chi connectivity index (χ2n) is 7.25. The molecule has 28 heavy (non-hydrogen) atoms. The van der Waals surface area contributed by atoms with Crippen LogP contribution in [0.5, 0.6) is 0 Å². The highest BCUT2D eigenvalue weighted by Crippen LogP contribution is 2.36. The maximum absolute atomic E-state index is 4.71. The number of fused-ring (bicyclic) bond motifs is 1. The summed E-state index contributed by atoms with van der Waals surface area (Å²) in [6.07, 6.45) is 3.89. The molecule has 0 spiro atoms. The van der Waals surface area contributed by atoms with Crippen molar-refractivity contribution in [1.29, 1.82) is 0 Å². The van der Waals surface area contributed by atoms with Gasteiger partial charge in [0, 0.05) is 43.6 Å². The zero-order valence-corrected chi connectivity index (χ0v) is 16.0. The third-order valence-corrected chi connectivity index (χ3v) is 5.38. The number of aromatic nitrogens is 3. The summed E-state index contributed by atoms with van der Waals surface area (Å²) in [6.45, 7) is 5.97. The Kier molecular flexibility index (Phi) is 4.29. The first-order chi connectivity index (χ1) is 13.8. The lowest BCUT2D eigenvalue weighted by atomic mass is 10.1. The molecule has 0 saturated carbocycles. The van der Waals surface area contributed by atoms with E-state index in [1.807, 2.05) is 0 Å². The zero-order chi connectivity index (χ0) is 18.9. The Morgan fingerprint density at radius 2 is 1.64 bits per heavy atom. The van der Waals surface area contributed by atoms with Gasteiger partial charge in [0.05, 0.1) is 5.39 Å². The molecular formula is C23H23N5. The molecule has 0 radical (unpaired) electrons. The van der Waals surface area contributed by atoms with Crippen LogP contribution in [0.15, 0.2) is 67.1 Å². The van der Waals surface area contributed by atoms with E-state index in [1.165, 1.54) is 16.7 Å². The Labute approximate surface area is 164 Å². The summed E-state index contributed by atoms with van der Waals surface area (Å²) in [7, 11) is 0. The molecule has 0 unspecified atom stereocenters. The summed E-state index contributed by atoms with van der Waals surface area (Å²) < 4.78 is 2.19. The quantitative estimate of drug-likeness (QED) is 0.597. The van der Waals surface area contributed by atoms with Crippen LogP contribution in [0.1, 0.15) is 5.56 Å². The molecule has 1 aliphatic heterocycles. The lowest BCUT2D eigenvalue weighted by Crippen LogP contribution is -2.44. The lowest BCUT2D eigenvalue weighted by Gasteiger charge is -2.29. The highest BCUT2D eigenvalue weighted by Gasteiger charge is 2.21. The van der Waals surface area contributed by atoms with E-state index in [0.29, 0.717) is 0 Å². The van der Waals surface area contributed by atoms with Gasteiger partial charge >= 0.3 is 0 Å². The predicted octanol–water partition coefficient (Wildman–Crippen LogP) is 3.81. The summed E-state index contributed by atoms with van der Waals surface area (Å²) in [5, 5.41) is 4.55. The molecule has 0 bridgehead atoms. The predicted molar refractivity (Wildman–Crippen MR) is 114 cm³/mol. The van der Waals surface area contributed by atoms with Gasteiger partial charge < -0.3 is 14.8 Å². The van der Waals surface area contributed by atoms with Crippen molar-refractivity contribution in [2.24, 2.45) is 0 Å². The largest absolute Gasteiger partial charge is 0.353 e. The Balaban J connectivity index is 1.77. The van der Waals surface area contributed by atoms with Crippen LogP contribution in [0.4, 0.5) is 5.82 Å². The molecular weight excluding hydrogens is 346 g/mol. The molecule has 2 aromatic carbocycles. The number of benzene rings is 2. The van der Waals surface area contributed by atoms with Gasteiger partial charge in [-0.25, -0.2) is 9.97 Å². The van der Waals surface area contributed by atoms with E-state index in [-0.39, 0.29) is 0 Å². The van der Waals surface area contributed by atoms with Crippen molar-refractivity contribution in [3.8, 4) is 16.8 Å². The number of piperazine rings is 1. The van der Waals surface area contributed by atoms with Crippen molar-refractivity contribution in [1.82, 2.24) is 19.9 Å². The molecule has 1 N–H and O–H groups in total. The Morgan fingerprint density at radius 1 is 0.893 bits per heavy atom. The number of aryl methyl sites for hydroxylation is 1. The van der Waals surface area contributed by atoms with E-state index in [4.69, 9.17) is 9.97 Å². The van der Waals surface area contributed by atoms with Gasteiger partial charge in [0.1, 0.15) is 12.1 Å². The summed E-state index contributed by atoms with van der Waals surface area (Å²) in [6, 6.07) is 19.1. The molecule has 0 atom stereocenters. The van der Waals surface area contributed by atoms with E-state index >= 15 is 0 Å². The summed E-state index contributed by atoms with van der Waals surface area (Å²) >= 11 is 0. The fourth-order valence-electron chi connectivity index (χ4n) is 3.90. The first kappa shape index (κ1) is 17.0. The topological polar surface area (TPSA) is 46.0 Å². The van der Waals surface area contributed by atoms with Crippen LogP contribution in [0.3, 0.4) is 0 Å². The third-order valence-electron chi connectivity index (χ3n) is 5.38. The number of hydrogen-bond donors (Lipinski definition) is 1. The van der Waals surface area contributed by atoms with Gasteiger partial charge in [-0.15, -0.1) is 0 Å². The Hall–Kier alpha value is -3.18. The molecule has 4 aromatic rings. The SMILES string of the molecule is Cc1ccc(-n2cc(-c3ccccc3)c3c(N4CCNCC4)ncnc32)cc1. The molecule has 140 valence electrons. The number of nitrogens with zero attached hydrogens (tertiary/aromatic N) is 4. The monoisotopic (exact) mass is 369 g/mol. The second kappa shape index (κ2) is 7.09. The fraction of sp³-hybridized carbons (Fsp3) is 0.217. The smallest absolute Gasteiger partial charge is 0.150 e. The van der Waals surface area contributed by atoms with E-state index < -0.39 is 0 Å². The number of anilines is 1. The van der Waals surface area contributed by atoms with E-state index in [0.717, 1.165) is 48.7 Å². The fourth-order valence-corrected chi connectivity index (χ4v) is 3.90. The molecule has 5 rings (SSSR count). The van der Waals surface area contributed by atoms with Gasteiger partial charge in [-0.05, 0) is 24.6 Å². The average Bonchev–Trinajstić information content (AvgIpc) is 3.15. The summed E-state index contributed by atoms with van der Waals surface area (Å²) in [5.74, 6) is 1.02. The van der Waals surface area contributed by atoms with Gasteiger partial charge in [0.15, 0.2) is 5.65 Å². The third kappa shape index (κ3) is 2.94. The average molecular weight is 369 g/mol. The first-order valence-electron chi connectivity index (χ1n) is 9.75. The van der Waals surface area contributed by atoms with Crippen LogP contribution in [-0.4, -0.2) is 40.7 Å². The van der Waals surface area contributed by atoms with Gasteiger partial charge in [-0.2, -0.15) is 0 Å². The van der Waals surface area contributed by atoms with Crippen LogP contribution >= 0.6 is 0 Å². The van der Waals surface area contributed by atoms with E-state index in [9.17, 15) is 0 Å². The van der Waals surface area contributed by atoms with Crippen LogP contribution in [-0.2, 0) is 0 Å². The van der Waals surface area contributed by atoms with Gasteiger partial charge in [0.25, 0.3) is 0 Å². The number of hydrogen-bond acceptors (Lipinski definition) is 4. The summed E-state index contributed by atoms with van der Waals surface area (Å²) in [4.78, 5) is 11.8. The summed E-state index contributed by atoms with van der Waals surface area (Å²) in [5.41, 5.74) is 5.67. The standard InChI is InChI=1S/C23H23N5/c1-17-7-9-19(10-8-17)28-15-20(18-5-3-2-4-6-18)21-22(25-16-26-23(21)28)27-13-11-24-12-14-27/h2-10,15-16,24H,11-14H2,1H3. The molecule has 1 fully saturated rings. The van der Waals surface area contributed by atoms with Crippen molar-refractivity contribution in [2.75, 3.05) is 31.1 Å². The van der Waals surface area contributed by atoms with Crippen LogP contribution in [0, 0.1) is 6.92 Å². The molecule has 2 aromatic heterocycles. The maximum atomic E-state index is 4.71. The molecule has 1 saturated heterocycles. The van der Waals surface area contributed by atoms with Crippen LogP contribution in [0.25, 0.3) is 27.8 Å². The maximum Gasteiger partial charge on any atom is 0.150 e. The van der Waals surface area contributed by atoms with Crippen molar-refractivity contribution < 1.29 is 0 Å². The normalized spacial score (nSPS) is 14.5. The van der Waals surface area contributed by atoms with E-state index in [2.05, 4.69) is 82.5 Å². The van der Waals surface area contributed by atoms with Gasteiger partial charge in [0.2, 0.25) is 0 Å². The van der Waals surface area contributed by atoms with Crippen LogP contribution < -0.4 is 10.2 Å². The molecule has 0 aliphatic carbocycles. The molecule has 5 nitrogen and oxygen atoms in total. The highest BCUT2D eigenvalue weighted by molar-refractivity contribution is 6.02. The number of rotatable bonds is 3. The minimum atomic E-state index is 0.950. The first-order valence-corrected chi connectivity index (χ1v) is 9.75. The second-order valence-corrected chi connectivity index (χ2v) is 7.25. The van der Waals surface area contributed by atoms with Crippen molar-refractivity contribution >= 4 is 16.9 Å². The van der Waals surface area contributed by atoms with Crippen molar-refractivity contribution in [2.45, 2.75) is 6.92 Å². The lowest BCUT2D eigenvalue weighted by molar-refractivity contribution is 0.586. The Bertz CT molecular complexity index is 1090. The Morgan fingerprint density at radius 3 is 2.39 bits per heavy atom. The van der Waals surface area contributed by atoms with Crippen molar-refractivity contribution in [3.05, 3.63) is 72.7 Å². The molecule has 3 heterocycles. The van der Waals surface area contributed by atoms with Crippen LogP contribution in [0.2, 0.25) is 0 Å².